The number of hydrogen-bond acceptors (Lipinski definition) is 3. The predicted molar refractivity (Wildman–Crippen MR) is 95.0 cm³/mol. The van der Waals surface area contributed by atoms with Gasteiger partial charge in [0.2, 0.25) is 0 Å². The molecule has 0 spiro atoms. The average Bonchev–Trinajstić information content (AvgIpc) is 2.63. The van der Waals surface area contributed by atoms with E-state index in [-0.39, 0.29) is 29.5 Å². The quantitative estimate of drug-likeness (QED) is 0.599. The fourth-order valence-electron chi connectivity index (χ4n) is 2.63. The van der Waals surface area contributed by atoms with Gasteiger partial charge in [-0.05, 0) is 45.0 Å². The first-order chi connectivity index (χ1) is 10.4. The van der Waals surface area contributed by atoms with Crippen molar-refractivity contribution in [3.63, 3.8) is 0 Å². The lowest BCUT2D eigenvalue weighted by molar-refractivity contribution is 0.00578. The molecule has 0 bridgehead atoms. The van der Waals surface area contributed by atoms with Crippen LogP contribution in [0.25, 0.3) is 0 Å². The van der Waals surface area contributed by atoms with E-state index in [0.29, 0.717) is 12.7 Å². The summed E-state index contributed by atoms with van der Waals surface area (Å²) in [4.78, 5) is 12.4. The monoisotopic (exact) mass is 316 g/mol. The van der Waals surface area contributed by atoms with Crippen LogP contribution in [0, 0.1) is 0 Å². The lowest BCUT2D eigenvalue weighted by Gasteiger charge is -2.32. The first-order valence-electron chi connectivity index (χ1n) is 8.42. The Labute approximate surface area is 140 Å². The molecule has 0 aliphatic carbocycles. The summed E-state index contributed by atoms with van der Waals surface area (Å²) in [6.07, 6.45) is 1.03. The summed E-state index contributed by atoms with van der Waals surface area (Å²) < 4.78 is 11.9. The third kappa shape index (κ3) is 4.05. The Hall–Kier alpha value is -1.13. The highest BCUT2D eigenvalue weighted by Crippen LogP contribution is 2.38. The molecule has 126 valence electrons. The highest BCUT2D eigenvalue weighted by Gasteiger charge is 2.50. The van der Waals surface area contributed by atoms with Crippen molar-refractivity contribution in [1.82, 2.24) is 0 Å². The van der Waals surface area contributed by atoms with Crippen LogP contribution in [0.1, 0.15) is 70.8 Å². The van der Waals surface area contributed by atoms with E-state index >= 15 is 0 Å². The SMILES string of the molecule is CC(C)(C)c1ccc(C(=O)CCB2OC(C)(C)C(C)(C)O2)cc1. The van der Waals surface area contributed by atoms with Crippen LogP contribution in [0.5, 0.6) is 0 Å². The summed E-state index contributed by atoms with van der Waals surface area (Å²) in [6, 6.07) is 7.93. The van der Waals surface area contributed by atoms with E-state index in [2.05, 4.69) is 20.8 Å². The fraction of sp³-hybridized carbons (Fsp3) is 0.632. The number of ketones is 1. The van der Waals surface area contributed by atoms with E-state index in [9.17, 15) is 4.79 Å². The molecule has 1 aromatic rings. The second-order valence-corrected chi connectivity index (χ2v) is 8.48. The summed E-state index contributed by atoms with van der Waals surface area (Å²) in [5.41, 5.74) is 1.42. The van der Waals surface area contributed by atoms with Crippen LogP contribution in [0.4, 0.5) is 0 Å². The van der Waals surface area contributed by atoms with Crippen molar-refractivity contribution in [2.24, 2.45) is 0 Å². The fourth-order valence-corrected chi connectivity index (χ4v) is 2.63. The van der Waals surface area contributed by atoms with Gasteiger partial charge in [-0.3, -0.25) is 4.79 Å². The molecule has 0 amide bonds. The summed E-state index contributed by atoms with van der Waals surface area (Å²) in [5, 5.41) is 0. The van der Waals surface area contributed by atoms with Gasteiger partial charge in [-0.15, -0.1) is 0 Å². The third-order valence-electron chi connectivity index (χ3n) is 4.98. The van der Waals surface area contributed by atoms with E-state index in [1.54, 1.807) is 0 Å². The molecule has 1 saturated heterocycles. The van der Waals surface area contributed by atoms with Crippen molar-refractivity contribution in [2.75, 3.05) is 0 Å². The average molecular weight is 316 g/mol. The summed E-state index contributed by atoms with van der Waals surface area (Å²) >= 11 is 0. The standard InChI is InChI=1S/C19H29BO3/c1-17(2,3)15-10-8-14(9-11-15)16(21)12-13-20-22-18(4,5)19(6,7)23-20/h8-11H,12-13H2,1-7H3. The lowest BCUT2D eigenvalue weighted by atomic mass is 9.81. The molecule has 0 N–H and O–H groups in total. The van der Waals surface area contributed by atoms with Gasteiger partial charge in [-0.1, -0.05) is 45.0 Å². The largest absolute Gasteiger partial charge is 0.458 e. The number of hydrogen-bond donors (Lipinski definition) is 0. The summed E-state index contributed by atoms with van der Waals surface area (Å²) in [7, 11) is -0.308. The minimum absolute atomic E-state index is 0.101. The zero-order valence-corrected chi connectivity index (χ0v) is 15.5. The molecule has 0 aromatic heterocycles. The normalized spacial score (nSPS) is 19.9. The topological polar surface area (TPSA) is 35.5 Å². The van der Waals surface area contributed by atoms with E-state index < -0.39 is 0 Å². The first-order valence-corrected chi connectivity index (χ1v) is 8.42. The Balaban J connectivity index is 1.94. The Kier molecular flexibility index (Phi) is 4.80. The van der Waals surface area contributed by atoms with Gasteiger partial charge >= 0.3 is 7.12 Å². The van der Waals surface area contributed by atoms with Crippen molar-refractivity contribution >= 4 is 12.9 Å². The van der Waals surface area contributed by atoms with Crippen LogP contribution in [0.2, 0.25) is 6.32 Å². The Morgan fingerprint density at radius 2 is 1.48 bits per heavy atom. The van der Waals surface area contributed by atoms with E-state index in [4.69, 9.17) is 9.31 Å². The molecule has 1 aromatic carbocycles. The van der Waals surface area contributed by atoms with Crippen molar-refractivity contribution < 1.29 is 14.1 Å². The molecule has 0 atom stereocenters. The second kappa shape index (κ2) is 6.06. The Bertz CT molecular complexity index is 551. The van der Waals surface area contributed by atoms with Crippen LogP contribution in [-0.2, 0) is 14.7 Å². The molecule has 3 nitrogen and oxygen atoms in total. The molecule has 0 radical (unpaired) electrons. The van der Waals surface area contributed by atoms with Crippen molar-refractivity contribution in [1.29, 1.82) is 0 Å². The molecular weight excluding hydrogens is 287 g/mol. The maximum absolute atomic E-state index is 12.4. The maximum Gasteiger partial charge on any atom is 0.458 e. The molecule has 4 heteroatoms. The van der Waals surface area contributed by atoms with E-state index in [1.807, 2.05) is 52.0 Å². The van der Waals surface area contributed by atoms with Crippen LogP contribution in [0.15, 0.2) is 24.3 Å². The zero-order chi connectivity index (χ0) is 17.5. The Morgan fingerprint density at radius 1 is 1.00 bits per heavy atom. The minimum atomic E-state index is -0.338. The molecule has 1 heterocycles. The smallest absolute Gasteiger partial charge is 0.403 e. The van der Waals surface area contributed by atoms with Gasteiger partial charge in [0.15, 0.2) is 5.78 Å². The molecule has 23 heavy (non-hydrogen) atoms. The predicted octanol–water partition coefficient (Wildman–Crippen LogP) is 4.65. The van der Waals surface area contributed by atoms with E-state index in [0.717, 1.165) is 5.56 Å². The van der Waals surface area contributed by atoms with Crippen LogP contribution in [-0.4, -0.2) is 24.1 Å². The minimum Gasteiger partial charge on any atom is -0.403 e. The number of Topliss-reactive ketones (excluding diaryl/α,β-unsaturated/α-hetero) is 1. The molecule has 0 unspecified atom stereocenters. The number of rotatable bonds is 4. The van der Waals surface area contributed by atoms with Crippen molar-refractivity contribution in [2.45, 2.75) is 77.8 Å². The molecule has 1 fully saturated rings. The van der Waals surface area contributed by atoms with Gasteiger partial charge in [-0.2, -0.15) is 0 Å². The Morgan fingerprint density at radius 3 is 1.91 bits per heavy atom. The maximum atomic E-state index is 12.4. The molecule has 2 rings (SSSR count). The van der Waals surface area contributed by atoms with Crippen molar-refractivity contribution in [3.05, 3.63) is 35.4 Å². The van der Waals surface area contributed by atoms with Gasteiger partial charge < -0.3 is 9.31 Å². The lowest BCUT2D eigenvalue weighted by Crippen LogP contribution is -2.41. The van der Waals surface area contributed by atoms with Gasteiger partial charge in [0.1, 0.15) is 0 Å². The summed E-state index contributed by atoms with van der Waals surface area (Å²) in [5.74, 6) is 0.139. The zero-order valence-electron chi connectivity index (χ0n) is 15.5. The number of carbonyl (C=O) groups is 1. The highest BCUT2D eigenvalue weighted by molar-refractivity contribution is 6.46. The van der Waals surface area contributed by atoms with Gasteiger partial charge in [0, 0.05) is 12.0 Å². The molecule has 1 aliphatic heterocycles. The first kappa shape index (κ1) is 18.2. The van der Waals surface area contributed by atoms with Crippen LogP contribution in [0.3, 0.4) is 0 Å². The van der Waals surface area contributed by atoms with Crippen LogP contribution >= 0.6 is 0 Å². The van der Waals surface area contributed by atoms with Gasteiger partial charge in [0.05, 0.1) is 11.2 Å². The second-order valence-electron chi connectivity index (χ2n) is 8.48. The van der Waals surface area contributed by atoms with Gasteiger partial charge in [0.25, 0.3) is 0 Å². The van der Waals surface area contributed by atoms with Crippen molar-refractivity contribution in [3.8, 4) is 0 Å². The van der Waals surface area contributed by atoms with E-state index in [1.165, 1.54) is 5.56 Å². The molecule has 0 saturated carbocycles. The van der Waals surface area contributed by atoms with Gasteiger partial charge in [-0.25, -0.2) is 0 Å². The molecule has 1 aliphatic rings. The third-order valence-corrected chi connectivity index (χ3v) is 4.98. The summed E-state index contributed by atoms with van der Waals surface area (Å²) in [6.45, 7) is 14.6. The van der Waals surface area contributed by atoms with Crippen LogP contribution < -0.4 is 0 Å². The number of carbonyl (C=O) groups excluding carboxylic acids is 1. The molecular formula is C19H29BO3. The number of benzene rings is 1. The highest BCUT2D eigenvalue weighted by atomic mass is 16.7.